The first-order chi connectivity index (χ1) is 15.7. The van der Waals surface area contributed by atoms with Crippen molar-refractivity contribution in [3.63, 3.8) is 0 Å². The number of aryl methyl sites for hydroxylation is 1. The predicted octanol–water partition coefficient (Wildman–Crippen LogP) is 2.50. The molecule has 1 amide bonds. The van der Waals surface area contributed by atoms with Gasteiger partial charge in [0.1, 0.15) is 6.10 Å². The van der Waals surface area contributed by atoms with Gasteiger partial charge in [0.05, 0.1) is 42.8 Å². The van der Waals surface area contributed by atoms with Crippen molar-refractivity contribution in [2.24, 2.45) is 0 Å². The first-order valence-corrected chi connectivity index (χ1v) is 11.3. The number of morpholine rings is 2. The number of benzene rings is 1. The molecule has 2 aliphatic heterocycles. The lowest BCUT2D eigenvalue weighted by atomic mass is 10.0. The Morgan fingerprint density at radius 2 is 2.00 bits per heavy atom. The quantitative estimate of drug-likeness (QED) is 0.613. The number of nitrogens with zero attached hydrogens (tertiary/aromatic N) is 5. The van der Waals surface area contributed by atoms with Gasteiger partial charge in [-0.3, -0.25) is 14.4 Å². The number of para-hydroxylation sites is 1. The number of hydrogen-bond acceptors (Lipinski definition) is 6. The summed E-state index contributed by atoms with van der Waals surface area (Å²) >= 11 is 0. The third-order valence-corrected chi connectivity index (χ3v) is 6.16. The molecule has 2 fully saturated rings. The molecule has 8 nitrogen and oxygen atoms in total. The van der Waals surface area contributed by atoms with E-state index in [1.54, 1.807) is 0 Å². The number of aromatic nitrogens is 3. The highest BCUT2D eigenvalue weighted by molar-refractivity contribution is 6.06. The molecule has 0 radical (unpaired) electrons. The second kappa shape index (κ2) is 9.36. The molecule has 0 unspecified atom stereocenters. The molecule has 0 aliphatic carbocycles. The molecule has 2 saturated heterocycles. The van der Waals surface area contributed by atoms with Crippen LogP contribution in [0.2, 0.25) is 0 Å². The van der Waals surface area contributed by atoms with E-state index in [2.05, 4.69) is 23.1 Å². The minimum absolute atomic E-state index is 0.0350. The molecule has 4 heterocycles. The highest BCUT2D eigenvalue weighted by Crippen LogP contribution is 2.27. The first kappa shape index (κ1) is 21.1. The van der Waals surface area contributed by atoms with Crippen LogP contribution >= 0.6 is 0 Å². The van der Waals surface area contributed by atoms with Gasteiger partial charge in [0.25, 0.3) is 5.91 Å². The van der Waals surface area contributed by atoms with Crippen molar-refractivity contribution in [2.75, 3.05) is 46.0 Å². The number of fused-ring (bicyclic) bond motifs is 1. The van der Waals surface area contributed by atoms with Gasteiger partial charge in [-0.2, -0.15) is 5.10 Å². The van der Waals surface area contributed by atoms with Crippen LogP contribution in [0.5, 0.6) is 0 Å². The second-order valence-corrected chi connectivity index (χ2v) is 8.32. The standard InChI is InChI=1S/C24H29N5O3/c1-2-29-16-18(14-25-29)15-27-7-12-32-23(17-27)22-13-20(19-5-3-4-6-21(19)26-22)24(30)28-8-10-31-11-9-28/h3-6,13-14,16,23H,2,7-12,15,17H2,1H3/t23-/m0/s1. The number of ether oxygens (including phenoxy) is 2. The van der Waals surface area contributed by atoms with Crippen molar-refractivity contribution in [1.82, 2.24) is 24.6 Å². The first-order valence-electron chi connectivity index (χ1n) is 11.3. The van der Waals surface area contributed by atoms with E-state index in [4.69, 9.17) is 14.5 Å². The minimum Gasteiger partial charge on any atom is -0.378 e. The summed E-state index contributed by atoms with van der Waals surface area (Å²) in [5, 5.41) is 5.26. The SMILES string of the molecule is CCn1cc(CN2CCO[C@H](c3cc(C(=O)N4CCOCC4)c4ccccc4n3)C2)cn1. The summed E-state index contributed by atoms with van der Waals surface area (Å²) in [4.78, 5) is 22.5. The summed E-state index contributed by atoms with van der Waals surface area (Å²) in [6.45, 7) is 8.40. The third-order valence-electron chi connectivity index (χ3n) is 6.16. The summed E-state index contributed by atoms with van der Waals surface area (Å²) < 4.78 is 13.5. The van der Waals surface area contributed by atoms with Gasteiger partial charge in [0.15, 0.2) is 0 Å². The Labute approximate surface area is 187 Å². The van der Waals surface area contributed by atoms with Crippen molar-refractivity contribution in [3.8, 4) is 0 Å². The van der Waals surface area contributed by atoms with Crippen molar-refractivity contribution in [1.29, 1.82) is 0 Å². The largest absolute Gasteiger partial charge is 0.378 e. The van der Waals surface area contributed by atoms with Gasteiger partial charge in [-0.25, -0.2) is 4.98 Å². The van der Waals surface area contributed by atoms with Gasteiger partial charge >= 0.3 is 0 Å². The Morgan fingerprint density at radius 3 is 2.81 bits per heavy atom. The lowest BCUT2D eigenvalue weighted by molar-refractivity contribution is -0.0348. The zero-order valence-corrected chi connectivity index (χ0v) is 18.4. The molecule has 168 valence electrons. The van der Waals surface area contributed by atoms with E-state index in [1.165, 1.54) is 5.56 Å². The van der Waals surface area contributed by atoms with Crippen LogP contribution < -0.4 is 0 Å². The van der Waals surface area contributed by atoms with E-state index in [0.717, 1.165) is 42.8 Å². The van der Waals surface area contributed by atoms with Crippen LogP contribution in [0.4, 0.5) is 0 Å². The Morgan fingerprint density at radius 1 is 1.16 bits per heavy atom. The van der Waals surface area contributed by atoms with Crippen molar-refractivity contribution in [2.45, 2.75) is 26.1 Å². The fraction of sp³-hybridized carbons (Fsp3) is 0.458. The van der Waals surface area contributed by atoms with Crippen LogP contribution in [0.3, 0.4) is 0 Å². The van der Waals surface area contributed by atoms with Crippen LogP contribution in [-0.4, -0.2) is 76.5 Å². The zero-order valence-electron chi connectivity index (χ0n) is 18.4. The molecule has 0 N–H and O–H groups in total. The van der Waals surface area contributed by atoms with Crippen molar-refractivity contribution < 1.29 is 14.3 Å². The van der Waals surface area contributed by atoms with Gasteiger partial charge in [-0.05, 0) is 19.1 Å². The summed E-state index contributed by atoms with van der Waals surface area (Å²) in [5.74, 6) is 0.0350. The molecule has 32 heavy (non-hydrogen) atoms. The van der Waals surface area contributed by atoms with E-state index in [0.29, 0.717) is 38.5 Å². The third kappa shape index (κ3) is 4.39. The number of amides is 1. The molecule has 0 saturated carbocycles. The van der Waals surface area contributed by atoms with E-state index >= 15 is 0 Å². The fourth-order valence-corrected chi connectivity index (χ4v) is 4.42. The van der Waals surface area contributed by atoms with Crippen LogP contribution in [0.25, 0.3) is 10.9 Å². The number of pyridine rings is 1. The average Bonchev–Trinajstić information content (AvgIpc) is 3.31. The molecule has 2 aliphatic rings. The Kier molecular flexibility index (Phi) is 6.16. The molecule has 0 bridgehead atoms. The normalized spacial score (nSPS) is 20.0. The number of rotatable bonds is 5. The second-order valence-electron chi connectivity index (χ2n) is 8.32. The van der Waals surface area contributed by atoms with Gasteiger partial charge in [-0.1, -0.05) is 18.2 Å². The molecule has 1 atom stereocenters. The van der Waals surface area contributed by atoms with Crippen LogP contribution in [0.1, 0.15) is 34.6 Å². The number of hydrogen-bond donors (Lipinski definition) is 0. The highest BCUT2D eigenvalue weighted by atomic mass is 16.5. The fourth-order valence-electron chi connectivity index (χ4n) is 4.42. The molecule has 1 aromatic carbocycles. The maximum Gasteiger partial charge on any atom is 0.254 e. The van der Waals surface area contributed by atoms with E-state index in [1.807, 2.05) is 46.1 Å². The van der Waals surface area contributed by atoms with Crippen molar-refractivity contribution >= 4 is 16.8 Å². The molecule has 3 aromatic rings. The van der Waals surface area contributed by atoms with Gasteiger partial charge in [0.2, 0.25) is 0 Å². The van der Waals surface area contributed by atoms with Crippen molar-refractivity contribution in [3.05, 3.63) is 59.5 Å². The lowest BCUT2D eigenvalue weighted by Gasteiger charge is -2.33. The zero-order chi connectivity index (χ0) is 21.9. The predicted molar refractivity (Wildman–Crippen MR) is 120 cm³/mol. The van der Waals surface area contributed by atoms with E-state index < -0.39 is 0 Å². The monoisotopic (exact) mass is 435 g/mol. The maximum absolute atomic E-state index is 13.4. The molecular weight excluding hydrogens is 406 g/mol. The lowest BCUT2D eigenvalue weighted by Crippen LogP contribution is -2.41. The maximum atomic E-state index is 13.4. The molecule has 2 aromatic heterocycles. The summed E-state index contributed by atoms with van der Waals surface area (Å²) in [7, 11) is 0. The topological polar surface area (TPSA) is 72.7 Å². The van der Waals surface area contributed by atoms with Crippen LogP contribution in [0.15, 0.2) is 42.7 Å². The summed E-state index contributed by atoms with van der Waals surface area (Å²) in [6.07, 6.45) is 3.85. The highest BCUT2D eigenvalue weighted by Gasteiger charge is 2.27. The molecular formula is C24H29N5O3. The molecule has 8 heteroatoms. The molecule has 0 spiro atoms. The van der Waals surface area contributed by atoms with Crippen LogP contribution in [0, 0.1) is 0 Å². The van der Waals surface area contributed by atoms with E-state index in [-0.39, 0.29) is 12.0 Å². The Bertz CT molecular complexity index is 1090. The van der Waals surface area contributed by atoms with Gasteiger partial charge in [-0.15, -0.1) is 0 Å². The summed E-state index contributed by atoms with van der Waals surface area (Å²) in [6, 6.07) is 9.79. The van der Waals surface area contributed by atoms with Gasteiger partial charge < -0.3 is 14.4 Å². The Hall–Kier alpha value is -2.81. The van der Waals surface area contributed by atoms with Crippen LogP contribution in [-0.2, 0) is 22.6 Å². The summed E-state index contributed by atoms with van der Waals surface area (Å²) in [5.41, 5.74) is 3.53. The minimum atomic E-state index is -0.175. The Balaban J connectivity index is 1.41. The number of carbonyl (C=O) groups excluding carboxylic acids is 1. The van der Waals surface area contributed by atoms with Gasteiger partial charge in [0, 0.05) is 56.4 Å². The van der Waals surface area contributed by atoms with E-state index in [9.17, 15) is 4.79 Å². The smallest absolute Gasteiger partial charge is 0.254 e. The molecule has 5 rings (SSSR count). The number of carbonyl (C=O) groups is 1. The average molecular weight is 436 g/mol.